The Hall–Kier alpha value is -2.14. The fraction of sp³-hybridized carbons (Fsp3) is 0.154. The van der Waals surface area contributed by atoms with Gasteiger partial charge >= 0.3 is 5.97 Å². The van der Waals surface area contributed by atoms with Crippen LogP contribution < -0.4 is 5.56 Å². The third kappa shape index (κ3) is 3.00. The number of halogens is 1. The molecule has 0 N–H and O–H groups in total. The smallest absolute Gasteiger partial charge is 0.330 e. The summed E-state index contributed by atoms with van der Waals surface area (Å²) in [6, 6.07) is 3.18. The van der Waals surface area contributed by atoms with E-state index in [4.69, 9.17) is 16.3 Å². The van der Waals surface area contributed by atoms with E-state index in [2.05, 4.69) is 4.98 Å². The van der Waals surface area contributed by atoms with Gasteiger partial charge in [0.1, 0.15) is 5.65 Å². The third-order valence-corrected chi connectivity index (χ3v) is 2.62. The fourth-order valence-corrected chi connectivity index (χ4v) is 1.68. The molecule has 6 heteroatoms. The first kappa shape index (κ1) is 13.3. The standard InChI is InChI=1S/C13H11ClN2O3/c1-2-19-12(17)4-3-9-8-15-11-7-10(14)5-6-16(11)13(9)18/h3-8H,2H2,1H3/b4-3+. The van der Waals surface area contributed by atoms with E-state index < -0.39 is 5.97 Å². The highest BCUT2D eigenvalue weighted by molar-refractivity contribution is 6.30. The number of carbonyl (C=O) groups excluding carboxylic acids is 1. The highest BCUT2D eigenvalue weighted by atomic mass is 35.5. The second-order valence-corrected chi connectivity index (χ2v) is 4.11. The van der Waals surface area contributed by atoms with E-state index in [-0.39, 0.29) is 12.2 Å². The van der Waals surface area contributed by atoms with Gasteiger partial charge in [0, 0.05) is 29.6 Å². The largest absolute Gasteiger partial charge is 0.463 e. The second-order valence-electron chi connectivity index (χ2n) is 3.68. The normalized spacial score (nSPS) is 11.1. The van der Waals surface area contributed by atoms with Crippen LogP contribution in [0, 0.1) is 0 Å². The van der Waals surface area contributed by atoms with E-state index in [1.165, 1.54) is 28.9 Å². The minimum atomic E-state index is -0.497. The number of esters is 1. The molecule has 0 aromatic carbocycles. The predicted molar refractivity (Wildman–Crippen MR) is 72.1 cm³/mol. The molecule has 0 saturated heterocycles. The highest BCUT2D eigenvalue weighted by Gasteiger charge is 2.03. The summed E-state index contributed by atoms with van der Waals surface area (Å²) in [6.45, 7) is 2.00. The van der Waals surface area contributed by atoms with Crippen LogP contribution in [0.3, 0.4) is 0 Å². The zero-order chi connectivity index (χ0) is 13.8. The van der Waals surface area contributed by atoms with E-state index in [1.54, 1.807) is 19.1 Å². The first-order valence-corrected chi connectivity index (χ1v) is 6.01. The maximum atomic E-state index is 12.1. The molecule has 0 atom stereocenters. The van der Waals surface area contributed by atoms with E-state index in [0.29, 0.717) is 16.2 Å². The van der Waals surface area contributed by atoms with Crippen molar-refractivity contribution in [3.05, 3.63) is 51.5 Å². The van der Waals surface area contributed by atoms with Gasteiger partial charge in [-0.1, -0.05) is 11.6 Å². The minimum Gasteiger partial charge on any atom is -0.463 e. The van der Waals surface area contributed by atoms with Crippen LogP contribution in [-0.4, -0.2) is 22.0 Å². The molecule has 0 amide bonds. The Labute approximate surface area is 114 Å². The Morgan fingerprint density at radius 3 is 3.11 bits per heavy atom. The highest BCUT2D eigenvalue weighted by Crippen LogP contribution is 2.09. The molecule has 0 saturated carbocycles. The molecule has 2 heterocycles. The van der Waals surface area contributed by atoms with Gasteiger partial charge in [-0.2, -0.15) is 0 Å². The van der Waals surface area contributed by atoms with Crippen LogP contribution in [0.25, 0.3) is 11.7 Å². The second kappa shape index (κ2) is 5.67. The van der Waals surface area contributed by atoms with Crippen molar-refractivity contribution in [2.24, 2.45) is 0 Å². The molecule has 0 aliphatic carbocycles. The minimum absolute atomic E-state index is 0.276. The van der Waals surface area contributed by atoms with Crippen LogP contribution in [0.2, 0.25) is 5.02 Å². The van der Waals surface area contributed by atoms with E-state index in [0.717, 1.165) is 0 Å². The van der Waals surface area contributed by atoms with Gasteiger partial charge in [0.25, 0.3) is 5.56 Å². The van der Waals surface area contributed by atoms with Crippen molar-refractivity contribution in [1.82, 2.24) is 9.38 Å². The lowest BCUT2D eigenvalue weighted by molar-refractivity contribution is -0.137. The third-order valence-electron chi connectivity index (χ3n) is 2.38. The lowest BCUT2D eigenvalue weighted by atomic mass is 10.3. The molecule has 0 fully saturated rings. The van der Waals surface area contributed by atoms with E-state index in [1.807, 2.05) is 0 Å². The van der Waals surface area contributed by atoms with E-state index >= 15 is 0 Å². The molecular weight excluding hydrogens is 268 g/mol. The van der Waals surface area contributed by atoms with Crippen LogP contribution in [0.1, 0.15) is 12.5 Å². The van der Waals surface area contributed by atoms with Gasteiger partial charge in [-0.05, 0) is 19.1 Å². The summed E-state index contributed by atoms with van der Waals surface area (Å²) in [7, 11) is 0. The van der Waals surface area contributed by atoms with Gasteiger partial charge < -0.3 is 4.74 Å². The van der Waals surface area contributed by atoms with Crippen molar-refractivity contribution in [1.29, 1.82) is 0 Å². The van der Waals surface area contributed by atoms with E-state index in [9.17, 15) is 9.59 Å². The summed E-state index contributed by atoms with van der Waals surface area (Å²) in [5.74, 6) is -0.497. The Bertz CT molecular complexity index is 707. The quantitative estimate of drug-likeness (QED) is 0.636. The van der Waals surface area contributed by atoms with Gasteiger partial charge in [0.05, 0.1) is 12.2 Å². The van der Waals surface area contributed by atoms with Gasteiger partial charge in [-0.15, -0.1) is 0 Å². The molecule has 0 aliphatic rings. The van der Waals surface area contributed by atoms with Crippen LogP contribution in [0.4, 0.5) is 0 Å². The average Bonchev–Trinajstić information content (AvgIpc) is 2.38. The molecule has 98 valence electrons. The Morgan fingerprint density at radius 1 is 1.58 bits per heavy atom. The number of fused-ring (bicyclic) bond motifs is 1. The van der Waals surface area contributed by atoms with Crippen molar-refractivity contribution in [3.8, 4) is 0 Å². The lowest BCUT2D eigenvalue weighted by Gasteiger charge is -2.01. The first-order valence-electron chi connectivity index (χ1n) is 5.63. The fourth-order valence-electron chi connectivity index (χ4n) is 1.53. The molecule has 2 aromatic heterocycles. The van der Waals surface area contributed by atoms with Crippen LogP contribution in [0.5, 0.6) is 0 Å². The summed E-state index contributed by atoms with van der Waals surface area (Å²) in [4.78, 5) is 27.4. The Kier molecular flexibility index (Phi) is 3.97. The topological polar surface area (TPSA) is 60.7 Å². The van der Waals surface area contributed by atoms with Gasteiger partial charge in [0.2, 0.25) is 0 Å². The average molecular weight is 279 g/mol. The predicted octanol–water partition coefficient (Wildman–Crippen LogP) is 1.92. The summed E-state index contributed by atoms with van der Waals surface area (Å²) >= 11 is 5.82. The number of hydrogen-bond acceptors (Lipinski definition) is 4. The molecule has 0 unspecified atom stereocenters. The monoisotopic (exact) mass is 278 g/mol. The molecular formula is C13H11ClN2O3. The number of carbonyl (C=O) groups is 1. The van der Waals surface area contributed by atoms with Crippen molar-refractivity contribution in [2.75, 3.05) is 6.61 Å². The van der Waals surface area contributed by atoms with Gasteiger partial charge in [-0.25, -0.2) is 9.78 Å². The number of ether oxygens (including phenoxy) is 1. The molecule has 5 nitrogen and oxygen atoms in total. The zero-order valence-corrected chi connectivity index (χ0v) is 10.9. The van der Waals surface area contributed by atoms with Crippen molar-refractivity contribution < 1.29 is 9.53 Å². The van der Waals surface area contributed by atoms with Crippen molar-refractivity contribution in [3.63, 3.8) is 0 Å². The molecule has 0 spiro atoms. The molecule has 0 bridgehead atoms. The molecule has 2 aromatic rings. The maximum Gasteiger partial charge on any atom is 0.330 e. The van der Waals surface area contributed by atoms with Crippen LogP contribution in [0.15, 0.2) is 35.4 Å². The number of hydrogen-bond donors (Lipinski definition) is 0. The van der Waals surface area contributed by atoms with Gasteiger partial charge in [-0.3, -0.25) is 9.20 Å². The SMILES string of the molecule is CCOC(=O)/C=C/c1cnc2cc(Cl)ccn2c1=O. The molecule has 2 rings (SSSR count). The lowest BCUT2D eigenvalue weighted by Crippen LogP contribution is -2.17. The molecule has 0 radical (unpaired) electrons. The summed E-state index contributed by atoms with van der Waals surface area (Å²) in [5.41, 5.74) is 0.473. The summed E-state index contributed by atoms with van der Waals surface area (Å²) in [5, 5.41) is 0.502. The maximum absolute atomic E-state index is 12.1. The molecule has 19 heavy (non-hydrogen) atoms. The van der Waals surface area contributed by atoms with Gasteiger partial charge in [0.15, 0.2) is 0 Å². The number of nitrogens with zero attached hydrogens (tertiary/aromatic N) is 2. The number of pyridine rings is 1. The number of aromatic nitrogens is 2. The van der Waals surface area contributed by atoms with Crippen molar-refractivity contribution in [2.45, 2.75) is 6.92 Å². The van der Waals surface area contributed by atoms with Crippen LogP contribution in [-0.2, 0) is 9.53 Å². The Morgan fingerprint density at radius 2 is 2.37 bits per heavy atom. The summed E-state index contributed by atoms with van der Waals surface area (Å²) < 4.78 is 6.09. The summed E-state index contributed by atoms with van der Waals surface area (Å²) in [6.07, 6.45) is 5.51. The van der Waals surface area contributed by atoms with Crippen LogP contribution >= 0.6 is 11.6 Å². The Balaban J connectivity index is 2.41. The zero-order valence-electron chi connectivity index (χ0n) is 10.2. The first-order chi connectivity index (χ1) is 9.11. The number of rotatable bonds is 3. The van der Waals surface area contributed by atoms with Crippen molar-refractivity contribution >= 4 is 29.3 Å². The molecule has 0 aliphatic heterocycles.